The maximum Gasteiger partial charge on any atom is 0.182 e. The SMILES string of the molecule is CC(C)c1ccc2c(c1)S(=O)(=O)CC(C)N2C. The lowest BCUT2D eigenvalue weighted by Crippen LogP contribution is -2.40. The maximum atomic E-state index is 12.2. The third-order valence-electron chi connectivity index (χ3n) is 3.49. The van der Waals surface area contributed by atoms with E-state index in [-0.39, 0.29) is 11.8 Å². The Bertz CT molecular complexity index is 534. The highest BCUT2D eigenvalue weighted by Crippen LogP contribution is 2.34. The average molecular weight is 253 g/mol. The van der Waals surface area contributed by atoms with Crippen LogP contribution in [-0.2, 0) is 9.84 Å². The van der Waals surface area contributed by atoms with Gasteiger partial charge in [0.15, 0.2) is 9.84 Å². The van der Waals surface area contributed by atoms with Gasteiger partial charge in [0.1, 0.15) is 0 Å². The summed E-state index contributed by atoms with van der Waals surface area (Å²) in [6.45, 7) is 6.09. The second-order valence-corrected chi connectivity index (χ2v) is 7.13. The molecule has 1 heterocycles. The minimum atomic E-state index is -3.12. The summed E-state index contributed by atoms with van der Waals surface area (Å²) in [5.41, 5.74) is 1.91. The molecular weight excluding hydrogens is 234 g/mol. The first kappa shape index (κ1) is 12.4. The summed E-state index contributed by atoms with van der Waals surface area (Å²) < 4.78 is 24.4. The highest BCUT2D eigenvalue weighted by Gasteiger charge is 2.31. The van der Waals surface area contributed by atoms with Gasteiger partial charge in [0.25, 0.3) is 0 Å². The van der Waals surface area contributed by atoms with Crippen LogP contribution < -0.4 is 4.90 Å². The Morgan fingerprint density at radius 2 is 2.00 bits per heavy atom. The van der Waals surface area contributed by atoms with E-state index in [1.165, 1.54) is 0 Å². The van der Waals surface area contributed by atoms with Crippen molar-refractivity contribution < 1.29 is 8.42 Å². The van der Waals surface area contributed by atoms with Gasteiger partial charge in [-0.25, -0.2) is 8.42 Å². The Kier molecular flexibility index (Phi) is 2.94. The van der Waals surface area contributed by atoms with E-state index in [4.69, 9.17) is 0 Å². The zero-order valence-electron chi connectivity index (χ0n) is 10.8. The van der Waals surface area contributed by atoms with Crippen LogP contribution in [0.15, 0.2) is 23.1 Å². The van der Waals surface area contributed by atoms with Gasteiger partial charge in [-0.05, 0) is 30.5 Å². The van der Waals surface area contributed by atoms with Gasteiger partial charge in [0.05, 0.1) is 16.3 Å². The normalized spacial score (nSPS) is 22.6. The van der Waals surface area contributed by atoms with E-state index in [0.717, 1.165) is 11.3 Å². The first-order valence-electron chi connectivity index (χ1n) is 5.92. The molecule has 0 aromatic heterocycles. The molecule has 1 aliphatic heterocycles. The summed E-state index contributed by atoms with van der Waals surface area (Å²) in [7, 11) is -1.17. The van der Waals surface area contributed by atoms with Crippen molar-refractivity contribution in [1.29, 1.82) is 0 Å². The van der Waals surface area contributed by atoms with Crippen molar-refractivity contribution in [1.82, 2.24) is 0 Å². The molecule has 94 valence electrons. The lowest BCUT2D eigenvalue weighted by Gasteiger charge is -2.33. The number of rotatable bonds is 1. The third-order valence-corrected chi connectivity index (χ3v) is 5.41. The van der Waals surface area contributed by atoms with Crippen LogP contribution in [0.5, 0.6) is 0 Å². The fourth-order valence-corrected chi connectivity index (χ4v) is 4.07. The lowest BCUT2D eigenvalue weighted by atomic mass is 10.0. The molecule has 0 fully saturated rings. The van der Waals surface area contributed by atoms with Crippen molar-refractivity contribution in [3.05, 3.63) is 23.8 Å². The van der Waals surface area contributed by atoms with E-state index in [1.807, 2.05) is 37.1 Å². The first-order chi connectivity index (χ1) is 7.83. The van der Waals surface area contributed by atoms with E-state index in [1.54, 1.807) is 0 Å². The molecule has 17 heavy (non-hydrogen) atoms. The molecule has 1 aromatic carbocycles. The molecule has 1 aliphatic rings. The zero-order chi connectivity index (χ0) is 12.8. The van der Waals surface area contributed by atoms with Crippen LogP contribution in [0.1, 0.15) is 32.3 Å². The molecule has 1 atom stereocenters. The van der Waals surface area contributed by atoms with Crippen LogP contribution in [0.3, 0.4) is 0 Å². The van der Waals surface area contributed by atoms with Crippen LogP contribution >= 0.6 is 0 Å². The largest absolute Gasteiger partial charge is 0.370 e. The van der Waals surface area contributed by atoms with E-state index < -0.39 is 9.84 Å². The lowest BCUT2D eigenvalue weighted by molar-refractivity contribution is 0.579. The molecule has 1 unspecified atom stereocenters. The molecule has 0 radical (unpaired) electrons. The Morgan fingerprint density at radius 3 is 2.59 bits per heavy atom. The second-order valence-electron chi connectivity index (χ2n) is 5.12. The van der Waals surface area contributed by atoms with Gasteiger partial charge in [-0.2, -0.15) is 0 Å². The average Bonchev–Trinajstić information content (AvgIpc) is 2.25. The van der Waals surface area contributed by atoms with Gasteiger partial charge in [-0.3, -0.25) is 0 Å². The number of anilines is 1. The van der Waals surface area contributed by atoms with Crippen molar-refractivity contribution in [2.75, 3.05) is 17.7 Å². The van der Waals surface area contributed by atoms with E-state index in [9.17, 15) is 8.42 Å². The summed E-state index contributed by atoms with van der Waals surface area (Å²) in [6, 6.07) is 5.82. The molecule has 0 N–H and O–H groups in total. The first-order valence-corrected chi connectivity index (χ1v) is 7.57. The summed E-state index contributed by atoms with van der Waals surface area (Å²) in [5.74, 6) is 0.554. The monoisotopic (exact) mass is 253 g/mol. The van der Waals surface area contributed by atoms with Crippen molar-refractivity contribution in [2.24, 2.45) is 0 Å². The highest BCUT2D eigenvalue weighted by atomic mass is 32.2. The van der Waals surface area contributed by atoms with Crippen molar-refractivity contribution in [3.63, 3.8) is 0 Å². The number of sulfone groups is 1. The molecule has 0 saturated carbocycles. The fraction of sp³-hybridized carbons (Fsp3) is 0.538. The quantitative estimate of drug-likeness (QED) is 0.771. The molecule has 1 aromatic rings. The number of hydrogen-bond acceptors (Lipinski definition) is 3. The summed E-state index contributed by atoms with van der Waals surface area (Å²) in [4.78, 5) is 2.53. The van der Waals surface area contributed by atoms with Gasteiger partial charge < -0.3 is 4.90 Å². The Balaban J connectivity index is 2.64. The van der Waals surface area contributed by atoms with E-state index >= 15 is 0 Å². The van der Waals surface area contributed by atoms with Crippen LogP contribution in [-0.4, -0.2) is 27.3 Å². The Labute approximate surface area is 103 Å². The van der Waals surface area contributed by atoms with Crippen molar-refractivity contribution in [2.45, 2.75) is 37.6 Å². The van der Waals surface area contributed by atoms with Crippen LogP contribution in [0.4, 0.5) is 5.69 Å². The summed E-state index contributed by atoms with van der Waals surface area (Å²) >= 11 is 0. The number of benzene rings is 1. The molecule has 3 nitrogen and oxygen atoms in total. The summed E-state index contributed by atoms with van der Waals surface area (Å²) in [6.07, 6.45) is 0. The maximum absolute atomic E-state index is 12.2. The highest BCUT2D eigenvalue weighted by molar-refractivity contribution is 7.91. The molecule has 0 bridgehead atoms. The van der Waals surface area contributed by atoms with Crippen molar-refractivity contribution in [3.8, 4) is 0 Å². The van der Waals surface area contributed by atoms with Crippen LogP contribution in [0.2, 0.25) is 0 Å². The smallest absolute Gasteiger partial charge is 0.182 e. The minimum absolute atomic E-state index is 0.0393. The molecule has 2 rings (SSSR count). The number of fused-ring (bicyclic) bond motifs is 1. The second kappa shape index (κ2) is 4.02. The zero-order valence-corrected chi connectivity index (χ0v) is 11.6. The van der Waals surface area contributed by atoms with Gasteiger partial charge in [-0.1, -0.05) is 19.9 Å². The van der Waals surface area contributed by atoms with Gasteiger partial charge in [0.2, 0.25) is 0 Å². The number of nitrogens with zero attached hydrogens (tertiary/aromatic N) is 1. The summed E-state index contributed by atoms with van der Waals surface area (Å²) in [5, 5.41) is 0. The molecule has 0 amide bonds. The Hall–Kier alpha value is -1.03. The van der Waals surface area contributed by atoms with Gasteiger partial charge >= 0.3 is 0 Å². The van der Waals surface area contributed by atoms with Crippen molar-refractivity contribution >= 4 is 15.5 Å². The standard InChI is InChI=1S/C13H19NO2S/c1-9(2)11-5-6-12-13(7-11)17(15,16)8-10(3)14(12)4/h5-7,9-10H,8H2,1-4H3. The van der Waals surface area contributed by atoms with Gasteiger partial charge in [0, 0.05) is 13.1 Å². The molecule has 0 spiro atoms. The fourth-order valence-electron chi connectivity index (χ4n) is 2.19. The van der Waals surface area contributed by atoms with Crippen LogP contribution in [0, 0.1) is 0 Å². The minimum Gasteiger partial charge on any atom is -0.370 e. The molecule has 0 saturated heterocycles. The van der Waals surface area contributed by atoms with Gasteiger partial charge in [-0.15, -0.1) is 0 Å². The molecule has 0 aliphatic carbocycles. The third kappa shape index (κ3) is 2.06. The molecular formula is C13H19NO2S. The predicted molar refractivity (Wildman–Crippen MR) is 70.4 cm³/mol. The predicted octanol–water partition coefficient (Wildman–Crippen LogP) is 2.42. The van der Waals surface area contributed by atoms with E-state index in [0.29, 0.717) is 10.8 Å². The Morgan fingerprint density at radius 1 is 1.35 bits per heavy atom. The number of hydrogen-bond donors (Lipinski definition) is 0. The topological polar surface area (TPSA) is 37.4 Å². The van der Waals surface area contributed by atoms with Crippen LogP contribution in [0.25, 0.3) is 0 Å². The van der Waals surface area contributed by atoms with E-state index in [2.05, 4.69) is 13.8 Å². The molecule has 4 heteroatoms.